The largest absolute Gasteiger partial charge is 0.478 e. The smallest absolute Gasteiger partial charge is 0.336 e. The zero-order chi connectivity index (χ0) is 16.4. The lowest BCUT2D eigenvalue weighted by molar-refractivity contribution is 0.0697. The average molecular weight is 351 g/mol. The maximum Gasteiger partial charge on any atom is 0.336 e. The molecule has 1 aliphatic heterocycles. The third-order valence-corrected chi connectivity index (χ3v) is 7.39. The molecule has 2 aromatic rings. The lowest BCUT2D eigenvalue weighted by Crippen LogP contribution is -2.36. The van der Waals surface area contributed by atoms with E-state index in [-0.39, 0.29) is 15.8 Å². The van der Waals surface area contributed by atoms with Crippen molar-refractivity contribution >= 4 is 27.3 Å². The van der Waals surface area contributed by atoms with Crippen molar-refractivity contribution in [1.29, 1.82) is 0 Å². The number of hydrogen-bond donors (Lipinski definition) is 1. The highest BCUT2D eigenvalue weighted by Crippen LogP contribution is 2.31. The van der Waals surface area contributed by atoms with Gasteiger partial charge in [-0.15, -0.1) is 11.3 Å². The second kappa shape index (κ2) is 6.43. The Bertz CT molecular complexity index is 798. The number of aromatic carboxylic acids is 1. The minimum Gasteiger partial charge on any atom is -0.478 e. The number of rotatable bonds is 5. The van der Waals surface area contributed by atoms with Crippen LogP contribution in [0.3, 0.4) is 0 Å². The third-order valence-electron chi connectivity index (χ3n) is 4.02. The second-order valence-electron chi connectivity index (χ2n) is 5.56. The van der Waals surface area contributed by atoms with Crippen LogP contribution in [0.2, 0.25) is 0 Å². The van der Waals surface area contributed by atoms with E-state index in [4.69, 9.17) is 5.11 Å². The summed E-state index contributed by atoms with van der Waals surface area (Å²) in [5.74, 6) is -1.11. The van der Waals surface area contributed by atoms with Crippen molar-refractivity contribution in [3.05, 3.63) is 52.9 Å². The number of sulfonamides is 1. The minimum atomic E-state index is -3.63. The molecule has 1 aromatic heterocycles. The molecule has 2 heterocycles. The van der Waals surface area contributed by atoms with Crippen LogP contribution in [0.1, 0.15) is 28.8 Å². The number of carboxylic acid groups (broad SMARTS) is 1. The van der Waals surface area contributed by atoms with Gasteiger partial charge >= 0.3 is 5.97 Å². The monoisotopic (exact) mass is 351 g/mol. The number of nitrogens with zero attached hydrogens (tertiary/aromatic N) is 1. The van der Waals surface area contributed by atoms with E-state index in [1.165, 1.54) is 15.8 Å². The maximum atomic E-state index is 12.8. The van der Waals surface area contributed by atoms with Gasteiger partial charge in [0.05, 0.1) is 5.56 Å². The van der Waals surface area contributed by atoms with Gasteiger partial charge in [-0.1, -0.05) is 30.3 Å². The average Bonchev–Trinajstić information content (AvgIpc) is 3.17. The summed E-state index contributed by atoms with van der Waals surface area (Å²) in [6.45, 7) is 0.486. The van der Waals surface area contributed by atoms with Crippen LogP contribution in [-0.4, -0.2) is 36.4 Å². The first-order chi connectivity index (χ1) is 11.0. The van der Waals surface area contributed by atoms with E-state index in [9.17, 15) is 13.2 Å². The van der Waals surface area contributed by atoms with Gasteiger partial charge in [-0.25, -0.2) is 13.2 Å². The van der Waals surface area contributed by atoms with Gasteiger partial charge in [0, 0.05) is 18.0 Å². The first kappa shape index (κ1) is 16.2. The summed E-state index contributed by atoms with van der Waals surface area (Å²) in [6.07, 6.45) is 2.33. The molecule has 1 N–H and O–H groups in total. The summed E-state index contributed by atoms with van der Waals surface area (Å²) in [7, 11) is -3.63. The van der Waals surface area contributed by atoms with Crippen LogP contribution in [0.15, 0.2) is 46.0 Å². The second-order valence-corrected chi connectivity index (χ2v) is 8.59. The summed E-state index contributed by atoms with van der Waals surface area (Å²) in [6, 6.07) is 11.0. The molecule has 1 aromatic carbocycles. The summed E-state index contributed by atoms with van der Waals surface area (Å²) in [4.78, 5) is 11.0. The summed E-state index contributed by atoms with van der Waals surface area (Å²) >= 11 is 0.970. The number of hydrogen-bond acceptors (Lipinski definition) is 4. The first-order valence-corrected chi connectivity index (χ1v) is 9.68. The van der Waals surface area contributed by atoms with Gasteiger partial charge < -0.3 is 5.11 Å². The minimum absolute atomic E-state index is 0.0207. The molecule has 7 heteroatoms. The van der Waals surface area contributed by atoms with Crippen LogP contribution in [0.4, 0.5) is 0 Å². The fraction of sp³-hybridized carbons (Fsp3) is 0.312. The molecule has 122 valence electrons. The highest BCUT2D eigenvalue weighted by atomic mass is 32.2. The topological polar surface area (TPSA) is 74.7 Å². The molecule has 3 rings (SSSR count). The zero-order valence-corrected chi connectivity index (χ0v) is 14.0. The SMILES string of the molecule is O=C(O)c1csc(S(=O)(=O)N2CCCC2Cc2ccccc2)c1. The van der Waals surface area contributed by atoms with Crippen LogP contribution < -0.4 is 0 Å². The van der Waals surface area contributed by atoms with E-state index in [0.717, 1.165) is 29.7 Å². The Morgan fingerprint density at radius 2 is 2.04 bits per heavy atom. The zero-order valence-electron chi connectivity index (χ0n) is 12.4. The van der Waals surface area contributed by atoms with Crippen LogP contribution in [0.25, 0.3) is 0 Å². The van der Waals surface area contributed by atoms with Gasteiger partial charge in [-0.05, 0) is 30.9 Å². The van der Waals surface area contributed by atoms with Crippen molar-refractivity contribution in [3.63, 3.8) is 0 Å². The van der Waals surface area contributed by atoms with Gasteiger partial charge in [-0.2, -0.15) is 4.31 Å². The first-order valence-electron chi connectivity index (χ1n) is 7.36. The van der Waals surface area contributed by atoms with E-state index in [0.29, 0.717) is 13.0 Å². The number of benzene rings is 1. The van der Waals surface area contributed by atoms with Crippen molar-refractivity contribution in [2.24, 2.45) is 0 Å². The summed E-state index contributed by atoms with van der Waals surface area (Å²) in [5, 5.41) is 10.3. The van der Waals surface area contributed by atoms with Crippen molar-refractivity contribution in [2.45, 2.75) is 29.5 Å². The third kappa shape index (κ3) is 3.31. The van der Waals surface area contributed by atoms with Gasteiger partial charge in [0.25, 0.3) is 10.0 Å². The van der Waals surface area contributed by atoms with Crippen LogP contribution in [0, 0.1) is 0 Å². The highest BCUT2D eigenvalue weighted by molar-refractivity contribution is 7.91. The normalized spacial score (nSPS) is 19.0. The Morgan fingerprint density at radius 1 is 1.30 bits per heavy atom. The van der Waals surface area contributed by atoms with E-state index in [1.54, 1.807) is 0 Å². The van der Waals surface area contributed by atoms with E-state index in [2.05, 4.69) is 0 Å². The number of thiophene rings is 1. The predicted molar refractivity (Wildman–Crippen MR) is 88.3 cm³/mol. The number of carboxylic acids is 1. The Labute approximate surface area is 139 Å². The van der Waals surface area contributed by atoms with E-state index < -0.39 is 16.0 Å². The Morgan fingerprint density at radius 3 is 2.70 bits per heavy atom. The molecular formula is C16H17NO4S2. The van der Waals surface area contributed by atoms with Gasteiger partial charge in [0.2, 0.25) is 0 Å². The Hall–Kier alpha value is -1.70. The summed E-state index contributed by atoms with van der Waals surface area (Å²) in [5.41, 5.74) is 1.13. The molecule has 23 heavy (non-hydrogen) atoms. The molecule has 0 bridgehead atoms. The van der Waals surface area contributed by atoms with Gasteiger partial charge in [0.15, 0.2) is 0 Å². The molecule has 0 saturated carbocycles. The maximum absolute atomic E-state index is 12.8. The molecule has 0 aliphatic carbocycles. The van der Waals surface area contributed by atoms with E-state index >= 15 is 0 Å². The lowest BCUT2D eigenvalue weighted by Gasteiger charge is -2.23. The fourth-order valence-corrected chi connectivity index (χ4v) is 5.87. The number of carbonyl (C=O) groups is 1. The van der Waals surface area contributed by atoms with Crippen LogP contribution >= 0.6 is 11.3 Å². The van der Waals surface area contributed by atoms with Crippen LogP contribution in [0.5, 0.6) is 0 Å². The quantitative estimate of drug-likeness (QED) is 0.899. The van der Waals surface area contributed by atoms with Gasteiger partial charge in [0.1, 0.15) is 4.21 Å². The van der Waals surface area contributed by atoms with Crippen molar-refractivity contribution in [2.75, 3.05) is 6.54 Å². The van der Waals surface area contributed by atoms with E-state index in [1.807, 2.05) is 30.3 Å². The van der Waals surface area contributed by atoms with Crippen LogP contribution in [-0.2, 0) is 16.4 Å². The predicted octanol–water partition coefficient (Wildman–Crippen LogP) is 2.84. The summed E-state index contributed by atoms with van der Waals surface area (Å²) < 4.78 is 27.3. The molecule has 1 atom stereocenters. The van der Waals surface area contributed by atoms with Crippen molar-refractivity contribution < 1.29 is 18.3 Å². The molecule has 0 amide bonds. The molecule has 1 fully saturated rings. The standard InChI is InChI=1S/C16H17NO4S2/c18-16(19)13-10-15(22-11-13)23(20,21)17-8-4-7-14(17)9-12-5-2-1-3-6-12/h1-3,5-6,10-11,14H,4,7-9H2,(H,18,19). The molecule has 0 radical (unpaired) electrons. The Balaban J connectivity index is 1.84. The molecular weight excluding hydrogens is 334 g/mol. The highest BCUT2D eigenvalue weighted by Gasteiger charge is 2.36. The van der Waals surface area contributed by atoms with Crippen molar-refractivity contribution in [3.8, 4) is 0 Å². The fourth-order valence-electron chi connectivity index (χ4n) is 2.90. The molecule has 5 nitrogen and oxygen atoms in total. The van der Waals surface area contributed by atoms with Crippen molar-refractivity contribution in [1.82, 2.24) is 4.31 Å². The van der Waals surface area contributed by atoms with Gasteiger partial charge in [-0.3, -0.25) is 0 Å². The molecule has 1 saturated heterocycles. The molecule has 1 aliphatic rings. The lowest BCUT2D eigenvalue weighted by atomic mass is 10.1. The molecule has 1 unspecified atom stereocenters. The molecule has 0 spiro atoms. The Kier molecular flexibility index (Phi) is 4.52.